The Hall–Kier alpha value is -3.27. The van der Waals surface area contributed by atoms with Gasteiger partial charge in [0.25, 0.3) is 5.56 Å². The van der Waals surface area contributed by atoms with Crippen LogP contribution in [0.3, 0.4) is 0 Å². The second-order valence-corrected chi connectivity index (χ2v) is 9.50. The number of nitrogens with zero attached hydrogens (tertiary/aromatic N) is 4. The van der Waals surface area contributed by atoms with Crippen molar-refractivity contribution in [3.8, 4) is 0 Å². The van der Waals surface area contributed by atoms with Gasteiger partial charge < -0.3 is 15.2 Å². The third-order valence-corrected chi connectivity index (χ3v) is 6.54. The standard InChI is InChI=1S/C24H32N6O3S/c1-6-28(19(31)14-34-24-26-16(4)17(5)29(24)12-15(2)3)20-21(25)30(23(33)27-22(20)32)13-18-10-8-7-9-11-18/h7-11,15H,6,12-14,25H2,1-5H3,(H,27,32,33). The van der Waals surface area contributed by atoms with Crippen LogP contribution in [-0.4, -0.2) is 37.3 Å². The number of nitrogens with two attached hydrogens (primary N) is 1. The molecule has 1 aromatic carbocycles. The molecular formula is C24H32N6O3S. The molecule has 3 rings (SSSR count). The topological polar surface area (TPSA) is 119 Å². The van der Waals surface area contributed by atoms with Crippen LogP contribution < -0.4 is 21.9 Å². The molecule has 9 nitrogen and oxygen atoms in total. The first-order valence-corrected chi connectivity index (χ1v) is 12.3. The zero-order valence-corrected chi connectivity index (χ0v) is 21.1. The number of imidazole rings is 1. The number of nitrogens with one attached hydrogen (secondary N) is 1. The van der Waals surface area contributed by atoms with Crippen LogP contribution in [0.25, 0.3) is 0 Å². The quantitative estimate of drug-likeness (QED) is 0.451. The van der Waals surface area contributed by atoms with E-state index in [1.165, 1.54) is 21.2 Å². The van der Waals surface area contributed by atoms with Crippen LogP contribution in [0.15, 0.2) is 45.1 Å². The largest absolute Gasteiger partial charge is 0.383 e. The molecule has 2 heterocycles. The minimum absolute atomic E-state index is 0.0125. The molecule has 2 aromatic heterocycles. The number of thioether (sulfide) groups is 1. The molecule has 0 aliphatic rings. The lowest BCUT2D eigenvalue weighted by atomic mass is 10.2. The Labute approximate surface area is 203 Å². The summed E-state index contributed by atoms with van der Waals surface area (Å²) in [5, 5.41) is 0.768. The number of aryl methyl sites for hydroxylation is 1. The van der Waals surface area contributed by atoms with E-state index in [-0.39, 0.29) is 36.3 Å². The Morgan fingerprint density at radius 2 is 1.85 bits per heavy atom. The summed E-state index contributed by atoms with van der Waals surface area (Å²) in [6.45, 7) is 11.2. The first kappa shape index (κ1) is 25.4. The second kappa shape index (κ2) is 10.8. The van der Waals surface area contributed by atoms with E-state index in [0.29, 0.717) is 5.92 Å². The second-order valence-electron chi connectivity index (χ2n) is 8.56. The van der Waals surface area contributed by atoms with Crippen LogP contribution in [0.1, 0.15) is 37.7 Å². The van der Waals surface area contributed by atoms with Gasteiger partial charge in [0.2, 0.25) is 5.91 Å². The molecule has 0 atom stereocenters. The average molecular weight is 485 g/mol. The highest BCUT2D eigenvalue weighted by molar-refractivity contribution is 7.99. The van der Waals surface area contributed by atoms with Gasteiger partial charge in [0.15, 0.2) is 10.8 Å². The molecule has 1 amide bonds. The fourth-order valence-corrected chi connectivity index (χ4v) is 4.72. The van der Waals surface area contributed by atoms with Crippen LogP contribution in [-0.2, 0) is 17.9 Å². The van der Waals surface area contributed by atoms with E-state index in [4.69, 9.17) is 5.73 Å². The number of anilines is 2. The molecule has 0 unspecified atom stereocenters. The Bertz CT molecular complexity index is 1280. The zero-order chi connectivity index (χ0) is 25.0. The smallest absolute Gasteiger partial charge is 0.330 e. The van der Waals surface area contributed by atoms with Gasteiger partial charge in [-0.2, -0.15) is 0 Å². The van der Waals surface area contributed by atoms with Gasteiger partial charge >= 0.3 is 5.69 Å². The maximum atomic E-state index is 13.2. The number of rotatable bonds is 9. The van der Waals surface area contributed by atoms with E-state index >= 15 is 0 Å². The van der Waals surface area contributed by atoms with Crippen LogP contribution in [0, 0.1) is 19.8 Å². The van der Waals surface area contributed by atoms with Crippen molar-refractivity contribution in [3.05, 3.63) is 68.1 Å². The maximum absolute atomic E-state index is 13.2. The van der Waals surface area contributed by atoms with Crippen molar-refractivity contribution in [2.24, 2.45) is 5.92 Å². The van der Waals surface area contributed by atoms with Crippen molar-refractivity contribution >= 4 is 29.2 Å². The molecule has 0 aliphatic carbocycles. The molecule has 3 N–H and O–H groups in total. The third kappa shape index (κ3) is 5.44. The minimum atomic E-state index is -0.681. The van der Waals surface area contributed by atoms with Crippen molar-refractivity contribution in [3.63, 3.8) is 0 Å². The predicted octanol–water partition coefficient (Wildman–Crippen LogP) is 2.78. The summed E-state index contributed by atoms with van der Waals surface area (Å²) in [6, 6.07) is 9.31. The molecular weight excluding hydrogens is 452 g/mol. The molecule has 34 heavy (non-hydrogen) atoms. The van der Waals surface area contributed by atoms with Crippen LogP contribution in [0.4, 0.5) is 11.5 Å². The number of aromatic amines is 1. The first-order chi connectivity index (χ1) is 16.1. The number of amides is 1. The van der Waals surface area contributed by atoms with Gasteiger partial charge in [-0.1, -0.05) is 55.9 Å². The van der Waals surface area contributed by atoms with E-state index < -0.39 is 11.2 Å². The molecule has 0 saturated heterocycles. The highest BCUT2D eigenvalue weighted by Crippen LogP contribution is 2.24. The summed E-state index contributed by atoms with van der Waals surface area (Å²) < 4.78 is 3.40. The molecule has 182 valence electrons. The van der Waals surface area contributed by atoms with E-state index in [2.05, 4.69) is 28.4 Å². The number of H-pyrrole nitrogens is 1. The van der Waals surface area contributed by atoms with Crippen molar-refractivity contribution in [2.75, 3.05) is 22.9 Å². The average Bonchev–Trinajstić information content (AvgIpc) is 3.05. The lowest BCUT2D eigenvalue weighted by Gasteiger charge is -2.23. The number of benzene rings is 1. The Morgan fingerprint density at radius 3 is 2.47 bits per heavy atom. The van der Waals surface area contributed by atoms with Crippen molar-refractivity contribution in [1.82, 2.24) is 19.1 Å². The van der Waals surface area contributed by atoms with Gasteiger partial charge in [-0.15, -0.1) is 0 Å². The van der Waals surface area contributed by atoms with Crippen molar-refractivity contribution in [2.45, 2.75) is 52.9 Å². The van der Waals surface area contributed by atoms with Gasteiger partial charge in [0, 0.05) is 18.8 Å². The SMILES string of the molecule is CCN(C(=O)CSc1nc(C)c(C)n1CC(C)C)c1c(N)n(Cc2ccccc2)c(=O)[nH]c1=O. The first-order valence-electron chi connectivity index (χ1n) is 11.3. The number of carbonyl (C=O) groups is 1. The van der Waals surface area contributed by atoms with Crippen LogP contribution in [0.2, 0.25) is 0 Å². The van der Waals surface area contributed by atoms with Crippen molar-refractivity contribution in [1.29, 1.82) is 0 Å². The summed E-state index contributed by atoms with van der Waals surface area (Å²) in [4.78, 5) is 46.6. The molecule has 0 bridgehead atoms. The Balaban J connectivity index is 1.89. The minimum Gasteiger partial charge on any atom is -0.383 e. The predicted molar refractivity (Wildman–Crippen MR) is 137 cm³/mol. The number of aromatic nitrogens is 4. The Morgan fingerprint density at radius 1 is 1.18 bits per heavy atom. The summed E-state index contributed by atoms with van der Waals surface area (Å²) in [7, 11) is 0. The Kier molecular flexibility index (Phi) is 8.03. The summed E-state index contributed by atoms with van der Waals surface area (Å²) in [5.41, 5.74) is 7.82. The van der Waals surface area contributed by atoms with Crippen LogP contribution >= 0.6 is 11.8 Å². The number of nitrogen functional groups attached to an aromatic ring is 1. The fourth-order valence-electron chi connectivity index (χ4n) is 3.74. The van der Waals surface area contributed by atoms with Gasteiger partial charge in [-0.05, 0) is 32.3 Å². The molecule has 10 heteroatoms. The molecule has 0 fully saturated rings. The molecule has 0 saturated carbocycles. The molecule has 0 aliphatic heterocycles. The molecule has 0 radical (unpaired) electrons. The summed E-state index contributed by atoms with van der Waals surface area (Å²) >= 11 is 1.33. The van der Waals surface area contributed by atoms with Crippen molar-refractivity contribution < 1.29 is 4.79 Å². The van der Waals surface area contributed by atoms with Gasteiger partial charge in [0.1, 0.15) is 5.82 Å². The maximum Gasteiger partial charge on any atom is 0.330 e. The normalized spacial score (nSPS) is 11.2. The van der Waals surface area contributed by atoms with Crippen LogP contribution in [0.5, 0.6) is 0 Å². The van der Waals surface area contributed by atoms with E-state index in [1.807, 2.05) is 44.2 Å². The lowest BCUT2D eigenvalue weighted by Crippen LogP contribution is -2.41. The number of carbonyl (C=O) groups excluding carboxylic acids is 1. The van der Waals surface area contributed by atoms with Gasteiger partial charge in [0.05, 0.1) is 18.0 Å². The fraction of sp³-hybridized carbons (Fsp3) is 0.417. The summed E-state index contributed by atoms with van der Waals surface area (Å²) in [6.07, 6.45) is 0. The number of hydrogen-bond donors (Lipinski definition) is 2. The van der Waals surface area contributed by atoms with E-state index in [1.54, 1.807) is 6.92 Å². The third-order valence-electron chi connectivity index (χ3n) is 5.58. The highest BCUT2D eigenvalue weighted by atomic mass is 32.2. The van der Waals surface area contributed by atoms with E-state index in [0.717, 1.165) is 28.7 Å². The zero-order valence-electron chi connectivity index (χ0n) is 20.3. The van der Waals surface area contributed by atoms with E-state index in [9.17, 15) is 14.4 Å². The lowest BCUT2D eigenvalue weighted by molar-refractivity contribution is -0.116. The number of hydrogen-bond acceptors (Lipinski definition) is 6. The molecule has 3 aromatic rings. The molecule has 0 spiro atoms. The highest BCUT2D eigenvalue weighted by Gasteiger charge is 2.24. The summed E-state index contributed by atoms with van der Waals surface area (Å²) in [5.74, 6) is 0.187. The van der Waals surface area contributed by atoms with Gasteiger partial charge in [-0.3, -0.25) is 19.1 Å². The van der Waals surface area contributed by atoms with Gasteiger partial charge in [-0.25, -0.2) is 9.78 Å². The monoisotopic (exact) mass is 484 g/mol.